The van der Waals surface area contributed by atoms with Crippen molar-refractivity contribution in [3.63, 3.8) is 0 Å². The number of aliphatic carboxylic acids is 1. The molecule has 1 fully saturated rings. The summed E-state index contributed by atoms with van der Waals surface area (Å²) in [6, 6.07) is 17.5. The fraction of sp³-hybridized carbons (Fsp3) is 0.481. The van der Waals surface area contributed by atoms with Crippen molar-refractivity contribution < 1.29 is 19.4 Å². The SMILES string of the molecule is CC.CC.CC.O=C(O)CCN1CCC(OC(=O)Nc2ccccc2-c2ccccc2)CC1. The maximum atomic E-state index is 12.3. The van der Waals surface area contributed by atoms with Gasteiger partial charge in [-0.1, -0.05) is 90.1 Å². The molecule has 33 heavy (non-hydrogen) atoms. The molecular weight excluding hydrogens is 416 g/mol. The largest absolute Gasteiger partial charge is 0.481 e. The lowest BCUT2D eigenvalue weighted by atomic mass is 10.0. The number of nitrogens with one attached hydrogen (secondary N) is 1. The standard InChI is InChI=1S/C21H24N2O4.3C2H6/c24-20(25)12-15-23-13-10-17(11-14-23)27-21(26)22-19-9-5-4-8-18(19)16-6-2-1-3-7-16;3*1-2/h1-9,17H,10-15H2,(H,22,26)(H,24,25);3*1-2H3. The molecule has 0 bridgehead atoms. The molecule has 1 aliphatic rings. The number of carbonyl (C=O) groups is 2. The Balaban J connectivity index is 0.00000158. The first-order valence-corrected chi connectivity index (χ1v) is 12.2. The molecule has 2 aromatic rings. The summed E-state index contributed by atoms with van der Waals surface area (Å²) in [6.45, 7) is 14.0. The number of hydrogen-bond acceptors (Lipinski definition) is 4. The number of rotatable bonds is 6. The molecule has 0 aliphatic carbocycles. The number of anilines is 1. The van der Waals surface area contributed by atoms with Gasteiger partial charge in [-0.15, -0.1) is 0 Å². The van der Waals surface area contributed by atoms with Gasteiger partial charge in [0.15, 0.2) is 0 Å². The Morgan fingerprint density at radius 1 is 0.909 bits per heavy atom. The number of para-hydroxylation sites is 1. The molecule has 0 unspecified atom stereocenters. The van der Waals surface area contributed by atoms with Crippen LogP contribution in [0.2, 0.25) is 0 Å². The lowest BCUT2D eigenvalue weighted by Crippen LogP contribution is -2.39. The Labute approximate surface area is 200 Å². The van der Waals surface area contributed by atoms with E-state index in [-0.39, 0.29) is 12.5 Å². The fourth-order valence-electron chi connectivity index (χ4n) is 3.26. The molecule has 0 radical (unpaired) electrons. The zero-order valence-corrected chi connectivity index (χ0v) is 21.1. The molecule has 1 aliphatic heterocycles. The van der Waals surface area contributed by atoms with Gasteiger partial charge in [0, 0.05) is 25.2 Å². The third kappa shape index (κ3) is 11.5. The minimum absolute atomic E-state index is 0.141. The smallest absolute Gasteiger partial charge is 0.411 e. The van der Waals surface area contributed by atoms with Crippen LogP contribution in [-0.4, -0.2) is 47.8 Å². The highest BCUT2D eigenvalue weighted by Gasteiger charge is 2.23. The molecule has 0 spiro atoms. The lowest BCUT2D eigenvalue weighted by Gasteiger charge is -2.31. The van der Waals surface area contributed by atoms with Crippen LogP contribution in [0.3, 0.4) is 0 Å². The van der Waals surface area contributed by atoms with Gasteiger partial charge >= 0.3 is 12.1 Å². The number of carbonyl (C=O) groups excluding carboxylic acids is 1. The first kappa shape index (κ1) is 30.1. The van der Waals surface area contributed by atoms with Gasteiger partial charge in [-0.25, -0.2) is 4.79 Å². The number of hydrogen-bond donors (Lipinski definition) is 2. The number of nitrogens with zero attached hydrogens (tertiary/aromatic N) is 1. The Hall–Kier alpha value is -2.86. The van der Waals surface area contributed by atoms with Gasteiger partial charge < -0.3 is 14.7 Å². The Morgan fingerprint density at radius 2 is 1.45 bits per heavy atom. The van der Waals surface area contributed by atoms with Crippen molar-refractivity contribution in [3.8, 4) is 11.1 Å². The first-order chi connectivity index (χ1) is 16.1. The van der Waals surface area contributed by atoms with E-state index < -0.39 is 12.1 Å². The molecule has 3 rings (SSSR count). The molecule has 0 atom stereocenters. The average molecular weight is 459 g/mol. The number of piperidine rings is 1. The van der Waals surface area contributed by atoms with Crippen LogP contribution in [0.5, 0.6) is 0 Å². The Morgan fingerprint density at radius 3 is 2.03 bits per heavy atom. The summed E-state index contributed by atoms with van der Waals surface area (Å²) in [7, 11) is 0. The van der Waals surface area contributed by atoms with Crippen LogP contribution in [0.4, 0.5) is 10.5 Å². The van der Waals surface area contributed by atoms with Crippen molar-refractivity contribution in [2.75, 3.05) is 25.0 Å². The van der Waals surface area contributed by atoms with Crippen molar-refractivity contribution >= 4 is 17.7 Å². The van der Waals surface area contributed by atoms with Gasteiger partial charge in [-0.2, -0.15) is 0 Å². The second-order valence-electron chi connectivity index (χ2n) is 6.63. The average Bonchev–Trinajstić information content (AvgIpc) is 2.88. The Kier molecular flexibility index (Phi) is 17.1. The van der Waals surface area contributed by atoms with Crippen LogP contribution in [0, 0.1) is 0 Å². The van der Waals surface area contributed by atoms with Crippen LogP contribution < -0.4 is 5.32 Å². The van der Waals surface area contributed by atoms with Crippen molar-refractivity contribution in [2.45, 2.75) is 66.9 Å². The summed E-state index contributed by atoms with van der Waals surface area (Å²) in [5, 5.41) is 11.6. The highest BCUT2D eigenvalue weighted by Crippen LogP contribution is 2.28. The highest BCUT2D eigenvalue weighted by atomic mass is 16.6. The maximum absolute atomic E-state index is 12.3. The Bertz CT molecular complexity index is 773. The second-order valence-corrected chi connectivity index (χ2v) is 6.63. The van der Waals surface area contributed by atoms with Gasteiger partial charge in [0.2, 0.25) is 0 Å². The highest BCUT2D eigenvalue weighted by molar-refractivity contribution is 5.91. The number of benzene rings is 2. The van der Waals surface area contributed by atoms with E-state index in [0.29, 0.717) is 25.1 Å². The van der Waals surface area contributed by atoms with E-state index in [4.69, 9.17) is 9.84 Å². The van der Waals surface area contributed by atoms with E-state index in [2.05, 4.69) is 10.2 Å². The monoisotopic (exact) mass is 458 g/mol. The van der Waals surface area contributed by atoms with Gasteiger partial charge in [-0.05, 0) is 24.5 Å². The molecule has 0 aromatic heterocycles. The molecule has 1 amide bonds. The topological polar surface area (TPSA) is 78.9 Å². The summed E-state index contributed by atoms with van der Waals surface area (Å²) < 4.78 is 5.57. The second kappa shape index (κ2) is 18.7. The summed E-state index contributed by atoms with van der Waals surface area (Å²) in [6.07, 6.45) is 0.973. The molecule has 6 heteroatoms. The molecular formula is C27H42N2O4. The molecule has 1 saturated heterocycles. The van der Waals surface area contributed by atoms with Gasteiger partial charge in [-0.3, -0.25) is 10.1 Å². The number of amides is 1. The maximum Gasteiger partial charge on any atom is 0.411 e. The van der Waals surface area contributed by atoms with E-state index in [1.807, 2.05) is 96.1 Å². The first-order valence-electron chi connectivity index (χ1n) is 12.2. The lowest BCUT2D eigenvalue weighted by molar-refractivity contribution is -0.137. The van der Waals surface area contributed by atoms with Crippen LogP contribution >= 0.6 is 0 Å². The van der Waals surface area contributed by atoms with Crippen molar-refractivity contribution in [2.24, 2.45) is 0 Å². The third-order valence-electron chi connectivity index (χ3n) is 4.70. The molecule has 6 nitrogen and oxygen atoms in total. The zero-order valence-electron chi connectivity index (χ0n) is 21.1. The van der Waals surface area contributed by atoms with Gasteiger partial charge in [0.25, 0.3) is 0 Å². The fourth-order valence-corrected chi connectivity index (χ4v) is 3.26. The van der Waals surface area contributed by atoms with E-state index in [9.17, 15) is 9.59 Å². The molecule has 2 aromatic carbocycles. The summed E-state index contributed by atoms with van der Waals surface area (Å²) >= 11 is 0. The quantitative estimate of drug-likeness (QED) is 0.491. The van der Waals surface area contributed by atoms with Crippen LogP contribution in [0.1, 0.15) is 60.8 Å². The predicted molar refractivity (Wildman–Crippen MR) is 138 cm³/mol. The minimum atomic E-state index is -0.787. The van der Waals surface area contributed by atoms with E-state index >= 15 is 0 Å². The van der Waals surface area contributed by atoms with Crippen LogP contribution in [0.25, 0.3) is 11.1 Å². The third-order valence-corrected chi connectivity index (χ3v) is 4.70. The normalized spacial score (nSPS) is 13.0. The van der Waals surface area contributed by atoms with Crippen molar-refractivity contribution in [3.05, 3.63) is 54.6 Å². The number of carboxylic acid groups (broad SMARTS) is 1. The summed E-state index contributed by atoms with van der Waals surface area (Å²) in [5.74, 6) is -0.787. The summed E-state index contributed by atoms with van der Waals surface area (Å²) in [4.78, 5) is 25.1. The number of carboxylic acids is 1. The van der Waals surface area contributed by atoms with Gasteiger partial charge in [0.05, 0.1) is 12.1 Å². The number of ether oxygens (including phenoxy) is 1. The van der Waals surface area contributed by atoms with Crippen LogP contribution in [-0.2, 0) is 9.53 Å². The van der Waals surface area contributed by atoms with Crippen molar-refractivity contribution in [1.29, 1.82) is 0 Å². The van der Waals surface area contributed by atoms with Gasteiger partial charge in [0.1, 0.15) is 6.10 Å². The van der Waals surface area contributed by atoms with Crippen LogP contribution in [0.15, 0.2) is 54.6 Å². The summed E-state index contributed by atoms with van der Waals surface area (Å²) in [5.41, 5.74) is 2.69. The predicted octanol–water partition coefficient (Wildman–Crippen LogP) is 6.92. The van der Waals surface area contributed by atoms with Crippen molar-refractivity contribution in [1.82, 2.24) is 4.90 Å². The van der Waals surface area contributed by atoms with E-state index in [0.717, 1.165) is 24.2 Å². The van der Waals surface area contributed by atoms with E-state index in [1.54, 1.807) is 0 Å². The molecule has 1 heterocycles. The van der Waals surface area contributed by atoms with E-state index in [1.165, 1.54) is 0 Å². The minimum Gasteiger partial charge on any atom is -0.481 e. The molecule has 0 saturated carbocycles. The molecule has 2 N–H and O–H groups in total. The molecule has 184 valence electrons. The zero-order chi connectivity index (χ0) is 25.1. The number of likely N-dealkylation sites (tertiary alicyclic amines) is 1.